The van der Waals surface area contributed by atoms with Gasteiger partial charge in [0, 0.05) is 67.3 Å². The Morgan fingerprint density at radius 2 is 1.59 bits per heavy atom. The van der Waals surface area contributed by atoms with Gasteiger partial charge in [-0.05, 0) is 77.1 Å². The fourth-order valence-electron chi connectivity index (χ4n) is 5.64. The summed E-state index contributed by atoms with van der Waals surface area (Å²) >= 11 is 0. The summed E-state index contributed by atoms with van der Waals surface area (Å²) in [5.74, 6) is -0.584. The minimum Gasteiger partial charge on any atom is -0.375 e. The molecule has 8 nitrogen and oxygen atoms in total. The summed E-state index contributed by atoms with van der Waals surface area (Å²) in [6.45, 7) is 12.8. The van der Waals surface area contributed by atoms with Gasteiger partial charge in [-0.2, -0.15) is 0 Å². The highest BCUT2D eigenvalue weighted by atomic mass is 19.1. The first kappa shape index (κ1) is 28.9. The summed E-state index contributed by atoms with van der Waals surface area (Å²) in [6, 6.07) is 6.65. The number of carbonyl (C=O) groups is 1. The molecule has 218 valence electrons. The predicted molar refractivity (Wildman–Crippen MR) is 158 cm³/mol. The first-order valence-electron chi connectivity index (χ1n) is 14.1. The summed E-state index contributed by atoms with van der Waals surface area (Å²) in [7, 11) is 2.08. The van der Waals surface area contributed by atoms with Gasteiger partial charge in [-0.25, -0.2) is 18.7 Å². The lowest BCUT2D eigenvalue weighted by Crippen LogP contribution is -2.55. The maximum absolute atomic E-state index is 15.8. The van der Waals surface area contributed by atoms with Crippen LogP contribution < -0.4 is 15.1 Å². The highest BCUT2D eigenvalue weighted by molar-refractivity contribution is 6.06. The van der Waals surface area contributed by atoms with Gasteiger partial charge in [0.15, 0.2) is 0 Å². The van der Waals surface area contributed by atoms with Crippen molar-refractivity contribution in [1.29, 1.82) is 0 Å². The molecule has 2 fully saturated rings. The van der Waals surface area contributed by atoms with Gasteiger partial charge in [0.25, 0.3) is 5.91 Å². The first-order valence-corrected chi connectivity index (χ1v) is 14.1. The molecular formula is C31H38F2N6O2. The minimum atomic E-state index is -0.429. The van der Waals surface area contributed by atoms with Crippen LogP contribution in [0.3, 0.4) is 0 Å². The van der Waals surface area contributed by atoms with Crippen molar-refractivity contribution in [2.75, 3.05) is 55.0 Å². The summed E-state index contributed by atoms with van der Waals surface area (Å²) in [4.78, 5) is 28.9. The lowest BCUT2D eigenvalue weighted by atomic mass is 10.0. The standard InChI is InChI=1S/C31H38F2N6O2/c1-18-9-23(10-19(2)29(18)33)30(40)36-27-11-25(24-13-34-31(35-14-24)38-7-8-41-22(5)17-38)26(32)12-28(27)39-15-20(3)37(6)21(4)16-39/h9-14,20-22H,7-8,15-17H2,1-6H3,(H,36,40)/t20-,21?,22+/m1/s1. The van der Waals surface area contributed by atoms with Gasteiger partial charge in [-0.15, -0.1) is 0 Å². The molecule has 2 saturated heterocycles. The van der Waals surface area contributed by atoms with E-state index in [1.165, 1.54) is 18.2 Å². The second-order valence-electron chi connectivity index (χ2n) is 11.4. The Hall–Kier alpha value is -3.63. The number of likely N-dealkylation sites (N-methyl/N-ethyl adjacent to an activating group) is 1. The maximum atomic E-state index is 15.8. The Kier molecular flexibility index (Phi) is 8.24. The molecule has 3 heterocycles. The van der Waals surface area contributed by atoms with E-state index in [0.717, 1.165) is 0 Å². The number of nitrogens with zero attached hydrogens (tertiary/aromatic N) is 5. The second-order valence-corrected chi connectivity index (χ2v) is 11.4. The highest BCUT2D eigenvalue weighted by Crippen LogP contribution is 2.36. The monoisotopic (exact) mass is 564 g/mol. The largest absolute Gasteiger partial charge is 0.375 e. The first-order chi connectivity index (χ1) is 19.5. The third-order valence-corrected chi connectivity index (χ3v) is 8.21. The molecule has 0 saturated carbocycles. The number of ether oxygens (including phenoxy) is 1. The van der Waals surface area contributed by atoms with Crippen LogP contribution in [0.2, 0.25) is 0 Å². The molecule has 1 N–H and O–H groups in total. The molecule has 1 amide bonds. The maximum Gasteiger partial charge on any atom is 0.255 e. The molecule has 2 aromatic carbocycles. The number of hydrogen-bond acceptors (Lipinski definition) is 7. The van der Waals surface area contributed by atoms with Crippen molar-refractivity contribution in [2.24, 2.45) is 0 Å². The molecule has 3 atom stereocenters. The smallest absolute Gasteiger partial charge is 0.255 e. The van der Waals surface area contributed by atoms with E-state index in [9.17, 15) is 9.18 Å². The quantitative estimate of drug-likeness (QED) is 0.465. The molecular weight excluding hydrogens is 526 g/mol. The molecule has 0 spiro atoms. The van der Waals surface area contributed by atoms with Gasteiger partial charge in [-0.3, -0.25) is 9.69 Å². The number of nitrogens with one attached hydrogen (secondary N) is 1. The van der Waals surface area contributed by atoms with Crippen LogP contribution >= 0.6 is 0 Å². The third kappa shape index (κ3) is 6.04. The normalized spacial score (nSPS) is 21.7. The van der Waals surface area contributed by atoms with Crippen LogP contribution in [0.4, 0.5) is 26.1 Å². The molecule has 3 aromatic rings. The number of carbonyl (C=O) groups excluding carboxylic acids is 1. The van der Waals surface area contributed by atoms with Gasteiger partial charge >= 0.3 is 0 Å². The van der Waals surface area contributed by atoms with E-state index in [0.29, 0.717) is 72.4 Å². The molecule has 2 aliphatic rings. The van der Waals surface area contributed by atoms with E-state index >= 15 is 4.39 Å². The number of halogens is 2. The Balaban J connectivity index is 1.51. The summed E-state index contributed by atoms with van der Waals surface area (Å²) < 4.78 is 35.7. The van der Waals surface area contributed by atoms with Crippen molar-refractivity contribution in [3.8, 4) is 11.1 Å². The number of hydrogen-bond donors (Lipinski definition) is 1. The SMILES string of the molecule is Cc1cc(C(=O)Nc2cc(-c3cnc(N4CCO[C@@H](C)C4)nc3)c(F)cc2N2CC(C)N(C)[C@H](C)C2)cc(C)c1F. The van der Waals surface area contributed by atoms with E-state index in [-0.39, 0.29) is 29.6 Å². The van der Waals surface area contributed by atoms with Crippen molar-refractivity contribution < 1.29 is 18.3 Å². The van der Waals surface area contributed by atoms with Crippen LogP contribution in [0.25, 0.3) is 11.1 Å². The topological polar surface area (TPSA) is 73.8 Å². The van der Waals surface area contributed by atoms with Gasteiger partial charge in [-0.1, -0.05) is 0 Å². The van der Waals surface area contributed by atoms with Crippen molar-refractivity contribution >= 4 is 23.2 Å². The lowest BCUT2D eigenvalue weighted by molar-refractivity contribution is 0.0526. The average molecular weight is 565 g/mol. The number of anilines is 3. The molecule has 5 rings (SSSR count). The van der Waals surface area contributed by atoms with E-state index in [2.05, 4.69) is 46.0 Å². The number of benzene rings is 2. The van der Waals surface area contributed by atoms with E-state index < -0.39 is 11.7 Å². The predicted octanol–water partition coefficient (Wildman–Crippen LogP) is 5.04. The number of morpholine rings is 1. The Morgan fingerprint density at radius 1 is 0.951 bits per heavy atom. The van der Waals surface area contributed by atoms with Gasteiger partial charge in [0.1, 0.15) is 11.6 Å². The summed E-state index contributed by atoms with van der Waals surface area (Å²) in [6.07, 6.45) is 3.30. The molecule has 0 radical (unpaired) electrons. The van der Waals surface area contributed by atoms with Crippen molar-refractivity contribution in [2.45, 2.75) is 52.8 Å². The molecule has 2 aliphatic heterocycles. The number of aryl methyl sites for hydroxylation is 2. The van der Waals surface area contributed by atoms with Crippen molar-refractivity contribution in [3.05, 3.63) is 65.0 Å². The number of rotatable bonds is 5. The zero-order chi connectivity index (χ0) is 29.4. The van der Waals surface area contributed by atoms with Crippen LogP contribution in [0.15, 0.2) is 36.7 Å². The molecule has 10 heteroatoms. The fraction of sp³-hybridized carbons (Fsp3) is 0.452. The minimum absolute atomic E-state index is 0.0804. The van der Waals surface area contributed by atoms with Gasteiger partial charge < -0.3 is 19.9 Å². The van der Waals surface area contributed by atoms with Crippen molar-refractivity contribution in [1.82, 2.24) is 14.9 Å². The number of piperazine rings is 1. The third-order valence-electron chi connectivity index (χ3n) is 8.21. The molecule has 1 unspecified atom stereocenters. The Bertz CT molecular complexity index is 1400. The summed E-state index contributed by atoms with van der Waals surface area (Å²) in [5, 5.41) is 3.00. The van der Waals surface area contributed by atoms with Crippen LogP contribution in [-0.2, 0) is 4.74 Å². The zero-order valence-corrected chi connectivity index (χ0v) is 24.5. The van der Waals surface area contributed by atoms with E-state index in [1.807, 2.05) is 11.8 Å². The van der Waals surface area contributed by atoms with Crippen LogP contribution in [0.5, 0.6) is 0 Å². The molecule has 0 bridgehead atoms. The van der Waals surface area contributed by atoms with Gasteiger partial charge in [0.05, 0.1) is 24.1 Å². The van der Waals surface area contributed by atoms with Crippen LogP contribution in [-0.4, -0.2) is 78.8 Å². The van der Waals surface area contributed by atoms with Gasteiger partial charge in [0.2, 0.25) is 5.95 Å². The molecule has 1 aromatic heterocycles. The van der Waals surface area contributed by atoms with E-state index in [1.54, 1.807) is 32.3 Å². The average Bonchev–Trinajstić information content (AvgIpc) is 2.95. The van der Waals surface area contributed by atoms with Crippen LogP contribution in [0.1, 0.15) is 42.3 Å². The lowest BCUT2D eigenvalue weighted by Gasteiger charge is -2.44. The zero-order valence-electron chi connectivity index (χ0n) is 24.5. The highest BCUT2D eigenvalue weighted by Gasteiger charge is 2.29. The Morgan fingerprint density at radius 3 is 2.20 bits per heavy atom. The van der Waals surface area contributed by atoms with Crippen molar-refractivity contribution in [3.63, 3.8) is 0 Å². The number of amides is 1. The molecule has 41 heavy (non-hydrogen) atoms. The molecule has 0 aliphatic carbocycles. The van der Waals surface area contributed by atoms with Crippen LogP contribution in [0, 0.1) is 25.5 Å². The summed E-state index contributed by atoms with van der Waals surface area (Å²) in [5.41, 5.74) is 2.98. The van der Waals surface area contributed by atoms with E-state index in [4.69, 9.17) is 4.74 Å². The number of aromatic nitrogens is 2. The second kappa shape index (κ2) is 11.7. The fourth-order valence-corrected chi connectivity index (χ4v) is 5.64. The Labute approximate surface area is 240 Å².